The molecule has 12 nitrogen and oxygen atoms in total. The highest BCUT2D eigenvalue weighted by atomic mass is 16.5. The number of hydrogen-bond donors (Lipinski definition) is 2. The molecule has 0 aliphatic heterocycles. The number of aliphatic carboxylic acids is 2. The van der Waals surface area contributed by atoms with Gasteiger partial charge < -0.3 is 19.7 Å². The zero-order chi connectivity index (χ0) is 26.1. The van der Waals surface area contributed by atoms with E-state index >= 15 is 0 Å². The quantitative estimate of drug-likeness (QED) is 0.389. The summed E-state index contributed by atoms with van der Waals surface area (Å²) in [5.41, 5.74) is -5.03. The van der Waals surface area contributed by atoms with Gasteiger partial charge in [-0.15, -0.1) is 0 Å². The summed E-state index contributed by atoms with van der Waals surface area (Å²) >= 11 is 0. The smallest absolute Gasteiger partial charge is 0.335 e. The van der Waals surface area contributed by atoms with Crippen LogP contribution in [0.4, 0.5) is 0 Å². The molecular formula is C20H36N4O8. The molecular weight excluding hydrogens is 424 g/mol. The molecule has 0 radical (unpaired) electrons. The van der Waals surface area contributed by atoms with Crippen molar-refractivity contribution in [1.29, 1.82) is 0 Å². The number of ether oxygens (including phenoxy) is 2. The molecule has 0 aliphatic rings. The summed E-state index contributed by atoms with van der Waals surface area (Å²) in [6.45, 7) is 13.8. The summed E-state index contributed by atoms with van der Waals surface area (Å²) in [4.78, 5) is 44.4. The first-order chi connectivity index (χ1) is 14.2. The van der Waals surface area contributed by atoms with Gasteiger partial charge >= 0.3 is 23.9 Å². The molecule has 0 bridgehead atoms. The second-order valence-electron chi connectivity index (χ2n) is 8.97. The van der Waals surface area contributed by atoms with Crippen LogP contribution in [0.25, 0.3) is 0 Å². The van der Waals surface area contributed by atoms with Gasteiger partial charge in [0.15, 0.2) is 22.2 Å². The van der Waals surface area contributed by atoms with Crippen molar-refractivity contribution >= 4 is 23.9 Å². The van der Waals surface area contributed by atoms with E-state index in [9.17, 15) is 19.2 Å². The number of carboxylic acid groups (broad SMARTS) is 2. The van der Waals surface area contributed by atoms with Crippen LogP contribution in [0.5, 0.6) is 0 Å². The van der Waals surface area contributed by atoms with Crippen molar-refractivity contribution in [2.75, 3.05) is 14.2 Å². The maximum atomic E-state index is 11.7. The Morgan fingerprint density at radius 2 is 0.938 bits per heavy atom. The third-order valence-corrected chi connectivity index (χ3v) is 4.51. The predicted octanol–water partition coefficient (Wildman–Crippen LogP) is 3.14. The molecule has 0 amide bonds. The molecule has 184 valence electrons. The van der Waals surface area contributed by atoms with Crippen LogP contribution in [-0.4, -0.2) is 70.5 Å². The predicted molar refractivity (Wildman–Crippen MR) is 114 cm³/mol. The molecule has 32 heavy (non-hydrogen) atoms. The van der Waals surface area contributed by atoms with E-state index in [1.54, 1.807) is 20.8 Å². The van der Waals surface area contributed by atoms with Gasteiger partial charge in [-0.25, -0.2) is 19.2 Å². The molecule has 0 fully saturated rings. The molecule has 0 saturated heterocycles. The van der Waals surface area contributed by atoms with E-state index < -0.39 is 46.0 Å². The molecule has 0 aromatic heterocycles. The molecule has 0 rings (SSSR count). The summed E-state index contributed by atoms with van der Waals surface area (Å²) in [6.07, 6.45) is 0. The lowest BCUT2D eigenvalue weighted by molar-refractivity contribution is -0.149. The molecule has 0 aliphatic carbocycles. The summed E-state index contributed by atoms with van der Waals surface area (Å²) in [7, 11) is 2.57. The standard InChI is InChI=1S/C12H22N2O4.C8H14N2O4/c1-8(2)12(5,10(16)18-7)14-13-11(3,4)9(15)17-6;1-7(2,5(11)12)9-10-8(3,4)6(13)14/h8H,1-7H3;1-4H3,(H,11,12)(H,13,14). The highest BCUT2D eigenvalue weighted by molar-refractivity contribution is 5.81. The molecule has 0 aromatic rings. The number of azo groups is 2. The van der Waals surface area contributed by atoms with Gasteiger partial charge in [0.25, 0.3) is 0 Å². The Balaban J connectivity index is 0. The van der Waals surface area contributed by atoms with Gasteiger partial charge in [0.2, 0.25) is 0 Å². The summed E-state index contributed by atoms with van der Waals surface area (Å²) in [6, 6.07) is 0. The number of rotatable bonds is 9. The van der Waals surface area contributed by atoms with Crippen LogP contribution in [0.1, 0.15) is 62.3 Å². The van der Waals surface area contributed by atoms with Crippen molar-refractivity contribution < 1.29 is 38.9 Å². The summed E-state index contributed by atoms with van der Waals surface area (Å²) in [5.74, 6) is -3.41. The molecule has 0 saturated carbocycles. The zero-order valence-electron chi connectivity index (χ0n) is 20.7. The topological polar surface area (TPSA) is 177 Å². The van der Waals surface area contributed by atoms with Crippen molar-refractivity contribution in [3.05, 3.63) is 0 Å². The lowest BCUT2D eigenvalue weighted by atomic mass is 9.89. The number of carboxylic acids is 2. The highest BCUT2D eigenvalue weighted by Gasteiger charge is 2.40. The average Bonchev–Trinajstić information content (AvgIpc) is 2.69. The number of nitrogens with zero attached hydrogens (tertiary/aromatic N) is 4. The number of carbonyl (C=O) groups excluding carboxylic acids is 2. The number of methoxy groups -OCH3 is 2. The fraction of sp³-hybridized carbons (Fsp3) is 0.800. The zero-order valence-corrected chi connectivity index (χ0v) is 20.7. The Bertz CT molecular complexity index is 729. The first kappa shape index (κ1) is 31.3. The Morgan fingerprint density at radius 1 is 0.625 bits per heavy atom. The lowest BCUT2D eigenvalue weighted by Crippen LogP contribution is -2.40. The molecule has 2 N–H and O–H groups in total. The molecule has 0 aromatic carbocycles. The van der Waals surface area contributed by atoms with E-state index in [0.717, 1.165) is 0 Å². The molecule has 1 atom stereocenters. The van der Waals surface area contributed by atoms with Gasteiger partial charge in [-0.05, 0) is 54.4 Å². The summed E-state index contributed by atoms with van der Waals surface area (Å²) in [5, 5.41) is 32.3. The van der Waals surface area contributed by atoms with E-state index in [1.807, 2.05) is 13.8 Å². The van der Waals surface area contributed by atoms with E-state index in [0.29, 0.717) is 0 Å². The van der Waals surface area contributed by atoms with Gasteiger partial charge in [0.05, 0.1) is 14.2 Å². The van der Waals surface area contributed by atoms with Crippen LogP contribution in [0.2, 0.25) is 0 Å². The van der Waals surface area contributed by atoms with Crippen LogP contribution in [0, 0.1) is 5.92 Å². The van der Waals surface area contributed by atoms with Gasteiger partial charge in [0.1, 0.15) is 0 Å². The third-order valence-electron chi connectivity index (χ3n) is 4.51. The van der Waals surface area contributed by atoms with Crippen LogP contribution >= 0.6 is 0 Å². The minimum atomic E-state index is -1.40. The minimum Gasteiger partial charge on any atom is -0.479 e. The number of carbonyl (C=O) groups is 4. The monoisotopic (exact) mass is 460 g/mol. The Kier molecular flexibility index (Phi) is 11.4. The first-order valence-electron chi connectivity index (χ1n) is 9.73. The molecule has 12 heteroatoms. The summed E-state index contributed by atoms with van der Waals surface area (Å²) < 4.78 is 9.34. The van der Waals surface area contributed by atoms with Gasteiger partial charge in [-0.3, -0.25) is 0 Å². The average molecular weight is 461 g/mol. The normalized spacial score (nSPS) is 14.5. The SMILES string of the molecule is CC(C)(N=NC(C)(C)C(=O)O)C(=O)O.COC(=O)C(C)(C)N=NC(C)(C(=O)OC)C(C)C. The van der Waals surface area contributed by atoms with Crippen molar-refractivity contribution in [3.8, 4) is 0 Å². The van der Waals surface area contributed by atoms with Crippen molar-refractivity contribution in [2.24, 2.45) is 26.4 Å². The minimum absolute atomic E-state index is 0.109. The fourth-order valence-corrected chi connectivity index (χ4v) is 1.45. The Morgan fingerprint density at radius 3 is 1.19 bits per heavy atom. The van der Waals surface area contributed by atoms with Crippen LogP contribution < -0.4 is 0 Å². The highest BCUT2D eigenvalue weighted by Crippen LogP contribution is 2.26. The van der Waals surface area contributed by atoms with E-state index in [4.69, 9.17) is 14.9 Å². The second kappa shape index (κ2) is 11.6. The van der Waals surface area contributed by atoms with Gasteiger partial charge in [0, 0.05) is 0 Å². The Hall–Kier alpha value is -2.92. The molecule has 0 spiro atoms. The second-order valence-corrected chi connectivity index (χ2v) is 8.97. The van der Waals surface area contributed by atoms with Crippen LogP contribution in [0.15, 0.2) is 20.5 Å². The lowest BCUT2D eigenvalue weighted by Gasteiger charge is -2.26. The first-order valence-corrected chi connectivity index (χ1v) is 9.73. The maximum Gasteiger partial charge on any atom is 0.335 e. The van der Waals surface area contributed by atoms with Gasteiger partial charge in [-0.1, -0.05) is 13.8 Å². The van der Waals surface area contributed by atoms with E-state index in [2.05, 4.69) is 25.2 Å². The van der Waals surface area contributed by atoms with E-state index in [-0.39, 0.29) is 5.92 Å². The van der Waals surface area contributed by atoms with Crippen molar-refractivity contribution in [2.45, 2.75) is 84.5 Å². The number of esters is 2. The van der Waals surface area contributed by atoms with Crippen molar-refractivity contribution in [3.63, 3.8) is 0 Å². The molecule has 0 heterocycles. The third kappa shape index (κ3) is 9.06. The maximum absolute atomic E-state index is 11.7. The van der Waals surface area contributed by atoms with Crippen LogP contribution in [0.3, 0.4) is 0 Å². The largest absolute Gasteiger partial charge is 0.479 e. The van der Waals surface area contributed by atoms with Crippen molar-refractivity contribution in [1.82, 2.24) is 0 Å². The number of hydrogen-bond acceptors (Lipinski definition) is 10. The fourth-order valence-electron chi connectivity index (χ4n) is 1.45. The Labute approximate surface area is 188 Å². The molecule has 1 unspecified atom stereocenters. The van der Waals surface area contributed by atoms with Gasteiger partial charge in [-0.2, -0.15) is 20.5 Å². The van der Waals surface area contributed by atoms with Crippen LogP contribution in [-0.2, 0) is 28.7 Å². The van der Waals surface area contributed by atoms with E-state index in [1.165, 1.54) is 41.9 Å².